The van der Waals surface area contributed by atoms with E-state index in [0.717, 1.165) is 5.56 Å². The highest BCUT2D eigenvalue weighted by molar-refractivity contribution is 9.10. The van der Waals surface area contributed by atoms with Gasteiger partial charge in [-0.15, -0.1) is 0 Å². The highest BCUT2D eigenvalue weighted by Gasteiger charge is 2.12. The van der Waals surface area contributed by atoms with Gasteiger partial charge in [0.2, 0.25) is 0 Å². The molecule has 0 saturated heterocycles. The van der Waals surface area contributed by atoms with Crippen LogP contribution in [0.4, 0.5) is 10.1 Å². The van der Waals surface area contributed by atoms with Crippen molar-refractivity contribution in [3.8, 4) is 5.75 Å². The van der Waals surface area contributed by atoms with Crippen molar-refractivity contribution in [2.45, 2.75) is 6.54 Å². The highest BCUT2D eigenvalue weighted by atomic mass is 79.9. The van der Waals surface area contributed by atoms with E-state index in [0.29, 0.717) is 11.4 Å². The summed E-state index contributed by atoms with van der Waals surface area (Å²) in [5, 5.41) is 2.72. The average molecular weight is 353 g/mol. The van der Waals surface area contributed by atoms with Crippen molar-refractivity contribution in [2.24, 2.45) is 0 Å². The van der Waals surface area contributed by atoms with Gasteiger partial charge in [-0.2, -0.15) is 0 Å². The van der Waals surface area contributed by atoms with Crippen LogP contribution in [0.1, 0.15) is 15.9 Å². The number of carbonyl (C=O) groups excluding carboxylic acids is 1. The van der Waals surface area contributed by atoms with Crippen molar-refractivity contribution in [1.82, 2.24) is 5.32 Å². The molecule has 0 fully saturated rings. The Kier molecular flexibility index (Phi) is 4.80. The van der Waals surface area contributed by atoms with Gasteiger partial charge in [0.1, 0.15) is 11.6 Å². The summed E-state index contributed by atoms with van der Waals surface area (Å²) >= 11 is 3.07. The van der Waals surface area contributed by atoms with Crippen molar-refractivity contribution in [2.75, 3.05) is 12.8 Å². The minimum Gasteiger partial charge on any atom is -0.495 e. The highest BCUT2D eigenvalue weighted by Crippen LogP contribution is 2.22. The zero-order chi connectivity index (χ0) is 15.4. The molecule has 4 nitrogen and oxygen atoms in total. The molecular formula is C15H14BrFN2O2. The number of rotatable bonds is 4. The molecule has 0 aliphatic rings. The smallest absolute Gasteiger partial charge is 0.252 e. The predicted molar refractivity (Wildman–Crippen MR) is 82.7 cm³/mol. The number of hydrogen-bond donors (Lipinski definition) is 2. The van der Waals surface area contributed by atoms with Crippen LogP contribution in [0.3, 0.4) is 0 Å². The van der Waals surface area contributed by atoms with E-state index < -0.39 is 5.82 Å². The number of nitrogens with one attached hydrogen (secondary N) is 1. The summed E-state index contributed by atoms with van der Waals surface area (Å²) in [5.74, 6) is -0.259. The summed E-state index contributed by atoms with van der Waals surface area (Å²) in [7, 11) is 1.54. The minimum atomic E-state index is -0.476. The first kappa shape index (κ1) is 15.3. The summed E-state index contributed by atoms with van der Waals surface area (Å²) < 4.78 is 18.6. The monoisotopic (exact) mass is 352 g/mol. The van der Waals surface area contributed by atoms with Gasteiger partial charge < -0.3 is 15.8 Å². The van der Waals surface area contributed by atoms with Gasteiger partial charge in [0.15, 0.2) is 0 Å². The second-order valence-corrected chi connectivity index (χ2v) is 5.15. The second-order valence-electron chi connectivity index (χ2n) is 4.36. The summed E-state index contributed by atoms with van der Waals surface area (Å²) in [4.78, 5) is 12.0. The first-order valence-electron chi connectivity index (χ1n) is 6.17. The van der Waals surface area contributed by atoms with E-state index in [4.69, 9.17) is 10.5 Å². The van der Waals surface area contributed by atoms with Crippen molar-refractivity contribution >= 4 is 27.5 Å². The maximum atomic E-state index is 13.4. The number of nitrogens with two attached hydrogens (primary N) is 1. The molecule has 1 amide bonds. The van der Waals surface area contributed by atoms with E-state index in [1.807, 2.05) is 0 Å². The van der Waals surface area contributed by atoms with Crippen LogP contribution in [-0.4, -0.2) is 13.0 Å². The number of halogens is 2. The van der Waals surface area contributed by atoms with E-state index in [1.54, 1.807) is 24.3 Å². The lowest BCUT2D eigenvalue weighted by atomic mass is 10.1. The average Bonchev–Trinajstić information content (AvgIpc) is 2.47. The Labute approximate surface area is 130 Å². The molecule has 0 aliphatic carbocycles. The number of nitrogen functional groups attached to an aromatic ring is 1. The number of methoxy groups -OCH3 is 1. The van der Waals surface area contributed by atoms with Crippen molar-refractivity contribution in [3.05, 3.63) is 57.8 Å². The Balaban J connectivity index is 2.07. The molecule has 6 heteroatoms. The number of hydrogen-bond acceptors (Lipinski definition) is 3. The minimum absolute atomic E-state index is 0.150. The van der Waals surface area contributed by atoms with Crippen molar-refractivity contribution in [3.63, 3.8) is 0 Å². The lowest BCUT2D eigenvalue weighted by Crippen LogP contribution is -2.23. The van der Waals surface area contributed by atoms with Crippen LogP contribution >= 0.6 is 15.9 Å². The summed E-state index contributed by atoms with van der Waals surface area (Å²) in [6, 6.07) is 9.57. The topological polar surface area (TPSA) is 64.3 Å². The summed E-state index contributed by atoms with van der Waals surface area (Å²) in [6.45, 7) is 0.288. The molecule has 2 aromatic rings. The van der Waals surface area contributed by atoms with Crippen LogP contribution in [0.25, 0.3) is 0 Å². The van der Waals surface area contributed by atoms with Gasteiger partial charge in [-0.25, -0.2) is 4.39 Å². The molecule has 0 atom stereocenters. The molecule has 21 heavy (non-hydrogen) atoms. The lowest BCUT2D eigenvalue weighted by Gasteiger charge is -2.09. The molecule has 3 N–H and O–H groups in total. The summed E-state index contributed by atoms with van der Waals surface area (Å²) in [6.07, 6.45) is 0. The molecule has 0 radical (unpaired) electrons. The largest absolute Gasteiger partial charge is 0.495 e. The maximum Gasteiger partial charge on any atom is 0.252 e. The quantitative estimate of drug-likeness (QED) is 0.831. The number of carbonyl (C=O) groups is 1. The normalized spacial score (nSPS) is 10.2. The molecule has 0 spiro atoms. The molecule has 0 aliphatic heterocycles. The summed E-state index contributed by atoms with van der Waals surface area (Å²) in [5.41, 5.74) is 7.37. The zero-order valence-corrected chi connectivity index (χ0v) is 12.9. The molecule has 0 heterocycles. The van der Waals surface area contributed by atoms with E-state index in [-0.39, 0.29) is 22.5 Å². The van der Waals surface area contributed by atoms with Gasteiger partial charge in [0, 0.05) is 6.54 Å². The molecule has 2 rings (SSSR count). The van der Waals surface area contributed by atoms with Gasteiger partial charge in [-0.3, -0.25) is 4.79 Å². The van der Waals surface area contributed by atoms with Crippen LogP contribution in [-0.2, 0) is 6.54 Å². The van der Waals surface area contributed by atoms with E-state index in [9.17, 15) is 9.18 Å². The van der Waals surface area contributed by atoms with E-state index in [2.05, 4.69) is 21.2 Å². The lowest BCUT2D eigenvalue weighted by molar-refractivity contribution is 0.0949. The third kappa shape index (κ3) is 3.52. The SMILES string of the molecule is COc1ccc(CNC(=O)c2cccc(F)c2Br)cc1N. The fraction of sp³-hybridized carbons (Fsp3) is 0.133. The van der Waals surface area contributed by atoms with Crippen LogP contribution in [0.5, 0.6) is 5.75 Å². The Morgan fingerprint density at radius 2 is 2.14 bits per heavy atom. The Morgan fingerprint density at radius 3 is 2.81 bits per heavy atom. The standard InChI is InChI=1S/C15H14BrFN2O2/c1-21-13-6-5-9(7-12(13)18)8-19-15(20)10-3-2-4-11(17)14(10)16/h2-7H,8,18H2,1H3,(H,19,20). The second kappa shape index (κ2) is 6.58. The van der Waals surface area contributed by atoms with Gasteiger partial charge in [-0.05, 0) is 45.8 Å². The Bertz CT molecular complexity index is 677. The molecule has 0 aromatic heterocycles. The Hall–Kier alpha value is -2.08. The van der Waals surface area contributed by atoms with Crippen LogP contribution in [0.2, 0.25) is 0 Å². The number of ether oxygens (including phenoxy) is 1. The van der Waals surface area contributed by atoms with Crippen LogP contribution in [0, 0.1) is 5.82 Å². The maximum absolute atomic E-state index is 13.4. The molecule has 0 saturated carbocycles. The molecule has 0 bridgehead atoms. The van der Waals surface area contributed by atoms with Gasteiger partial charge in [0.25, 0.3) is 5.91 Å². The zero-order valence-electron chi connectivity index (χ0n) is 11.3. The van der Waals surface area contributed by atoms with E-state index in [1.165, 1.54) is 19.2 Å². The third-order valence-corrected chi connectivity index (χ3v) is 3.75. The number of amides is 1. The van der Waals surface area contributed by atoms with Gasteiger partial charge in [-0.1, -0.05) is 12.1 Å². The molecular weight excluding hydrogens is 339 g/mol. The number of anilines is 1. The molecule has 0 unspecified atom stereocenters. The third-order valence-electron chi connectivity index (χ3n) is 2.94. The fourth-order valence-corrected chi connectivity index (χ4v) is 2.29. The first-order chi connectivity index (χ1) is 10.0. The van der Waals surface area contributed by atoms with Crippen molar-refractivity contribution in [1.29, 1.82) is 0 Å². The van der Waals surface area contributed by atoms with Crippen LogP contribution in [0.15, 0.2) is 40.9 Å². The number of benzene rings is 2. The molecule has 110 valence electrons. The molecule has 2 aromatic carbocycles. The van der Waals surface area contributed by atoms with E-state index >= 15 is 0 Å². The first-order valence-corrected chi connectivity index (χ1v) is 6.97. The van der Waals surface area contributed by atoms with Crippen LogP contribution < -0.4 is 15.8 Å². The van der Waals surface area contributed by atoms with Gasteiger partial charge >= 0.3 is 0 Å². The predicted octanol–water partition coefficient (Wildman–Crippen LogP) is 3.11. The Morgan fingerprint density at radius 1 is 1.38 bits per heavy atom. The fourth-order valence-electron chi connectivity index (χ4n) is 1.85. The van der Waals surface area contributed by atoms with Crippen molar-refractivity contribution < 1.29 is 13.9 Å². The van der Waals surface area contributed by atoms with Gasteiger partial charge in [0.05, 0.1) is 22.8 Å².